The molecule has 2 unspecified atom stereocenters. The molecule has 2 aliphatic rings. The van der Waals surface area contributed by atoms with Gasteiger partial charge in [0.1, 0.15) is 0 Å². The molecule has 0 aliphatic carbocycles. The third-order valence-electron chi connectivity index (χ3n) is 5.39. The number of aryl methyl sites for hydroxylation is 1. The van der Waals surface area contributed by atoms with Crippen LogP contribution in [-0.4, -0.2) is 79.6 Å². The number of likely N-dealkylation sites (N-methyl/N-ethyl adjacent to an activating group) is 1. The molecule has 2 saturated heterocycles. The van der Waals surface area contributed by atoms with Crippen LogP contribution in [-0.2, 0) is 0 Å². The summed E-state index contributed by atoms with van der Waals surface area (Å²) < 4.78 is 0. The Labute approximate surface area is 145 Å². The zero-order valence-corrected chi connectivity index (χ0v) is 15.7. The van der Waals surface area contributed by atoms with E-state index < -0.39 is 0 Å². The van der Waals surface area contributed by atoms with Gasteiger partial charge in [-0.1, -0.05) is 6.92 Å². The highest BCUT2D eigenvalue weighted by molar-refractivity contribution is 7.10. The highest BCUT2D eigenvalue weighted by Crippen LogP contribution is 2.30. The summed E-state index contributed by atoms with van der Waals surface area (Å²) in [6.45, 7) is 17.6. The lowest BCUT2D eigenvalue weighted by molar-refractivity contribution is 0.0792. The predicted octanol–water partition coefficient (Wildman–Crippen LogP) is 2.03. The van der Waals surface area contributed by atoms with Crippen molar-refractivity contribution in [3.05, 3.63) is 21.9 Å². The van der Waals surface area contributed by atoms with Crippen LogP contribution < -0.4 is 5.32 Å². The van der Waals surface area contributed by atoms with Gasteiger partial charge in [-0.2, -0.15) is 0 Å². The second kappa shape index (κ2) is 8.08. The normalized spacial score (nSPS) is 26.5. The summed E-state index contributed by atoms with van der Waals surface area (Å²) >= 11 is 1.95. The number of nitrogens with one attached hydrogen (secondary N) is 1. The maximum atomic E-state index is 3.59. The molecule has 2 aliphatic heterocycles. The summed E-state index contributed by atoms with van der Waals surface area (Å²) in [7, 11) is 0. The lowest BCUT2D eigenvalue weighted by Crippen LogP contribution is -2.54. The second-order valence-corrected chi connectivity index (χ2v) is 8.02. The Bertz CT molecular complexity index is 481. The molecule has 0 saturated carbocycles. The second-order valence-electron chi connectivity index (χ2n) is 7.07. The Balaban J connectivity index is 1.69. The van der Waals surface area contributed by atoms with Gasteiger partial charge in [-0.05, 0) is 37.4 Å². The van der Waals surface area contributed by atoms with Crippen molar-refractivity contribution in [2.75, 3.05) is 58.9 Å². The lowest BCUT2D eigenvalue weighted by Gasteiger charge is -2.42. The molecule has 2 fully saturated rings. The zero-order chi connectivity index (χ0) is 16.2. The molecular weight excluding hydrogens is 304 g/mol. The standard InChI is InChI=1S/C18H32N4S/c1-4-20-8-10-21(11-9-20)14-17(18-15(2)5-12-23-18)22-7-6-19-16(3)13-22/h5,12,16-17,19H,4,6-11,13-14H2,1-3H3. The number of nitrogens with zero attached hydrogens (tertiary/aromatic N) is 3. The molecule has 23 heavy (non-hydrogen) atoms. The fourth-order valence-corrected chi connectivity index (χ4v) is 4.92. The third kappa shape index (κ3) is 4.34. The topological polar surface area (TPSA) is 21.8 Å². The maximum absolute atomic E-state index is 3.59. The van der Waals surface area contributed by atoms with E-state index in [9.17, 15) is 0 Å². The first-order valence-corrected chi connectivity index (χ1v) is 10.0. The molecule has 0 aromatic carbocycles. The van der Waals surface area contributed by atoms with Crippen LogP contribution in [0, 0.1) is 6.92 Å². The fraction of sp³-hybridized carbons (Fsp3) is 0.778. The van der Waals surface area contributed by atoms with Gasteiger partial charge in [0.25, 0.3) is 0 Å². The average molecular weight is 337 g/mol. The van der Waals surface area contributed by atoms with Gasteiger partial charge in [0, 0.05) is 63.3 Å². The van der Waals surface area contributed by atoms with Crippen LogP contribution in [0.4, 0.5) is 0 Å². The third-order valence-corrected chi connectivity index (χ3v) is 6.51. The number of piperazine rings is 2. The number of hydrogen-bond acceptors (Lipinski definition) is 5. The van der Waals surface area contributed by atoms with Gasteiger partial charge in [-0.3, -0.25) is 9.80 Å². The first-order chi connectivity index (χ1) is 11.2. The Morgan fingerprint density at radius 2 is 1.96 bits per heavy atom. The zero-order valence-electron chi connectivity index (χ0n) is 14.9. The molecule has 130 valence electrons. The molecule has 0 bridgehead atoms. The molecule has 0 spiro atoms. The van der Waals surface area contributed by atoms with E-state index in [1.807, 2.05) is 11.3 Å². The molecule has 1 aromatic heterocycles. The SMILES string of the molecule is CCN1CCN(CC(c2sccc2C)N2CCNC(C)C2)CC1. The van der Waals surface area contributed by atoms with Crippen LogP contribution in [0.2, 0.25) is 0 Å². The molecule has 3 heterocycles. The van der Waals surface area contributed by atoms with Crippen molar-refractivity contribution < 1.29 is 0 Å². The minimum Gasteiger partial charge on any atom is -0.312 e. The summed E-state index contributed by atoms with van der Waals surface area (Å²) in [4.78, 5) is 9.54. The minimum absolute atomic E-state index is 0.563. The van der Waals surface area contributed by atoms with Crippen molar-refractivity contribution in [3.63, 3.8) is 0 Å². The molecule has 4 nitrogen and oxygen atoms in total. The van der Waals surface area contributed by atoms with Crippen LogP contribution in [0.15, 0.2) is 11.4 Å². The average Bonchev–Trinajstić information content (AvgIpc) is 2.99. The van der Waals surface area contributed by atoms with Gasteiger partial charge in [0.15, 0.2) is 0 Å². The van der Waals surface area contributed by atoms with E-state index in [0.29, 0.717) is 12.1 Å². The van der Waals surface area contributed by atoms with E-state index in [-0.39, 0.29) is 0 Å². The molecule has 0 amide bonds. The Morgan fingerprint density at radius 3 is 2.57 bits per heavy atom. The summed E-state index contributed by atoms with van der Waals surface area (Å²) in [5.74, 6) is 0. The molecule has 1 N–H and O–H groups in total. The largest absolute Gasteiger partial charge is 0.312 e. The van der Waals surface area contributed by atoms with Crippen molar-refractivity contribution in [1.29, 1.82) is 0 Å². The van der Waals surface area contributed by atoms with Crippen LogP contribution in [0.5, 0.6) is 0 Å². The van der Waals surface area contributed by atoms with Crippen LogP contribution in [0.3, 0.4) is 0 Å². The summed E-state index contributed by atoms with van der Waals surface area (Å²) in [5, 5.41) is 5.85. The molecular formula is C18H32N4S. The summed E-state index contributed by atoms with van der Waals surface area (Å²) in [6, 6.07) is 3.45. The van der Waals surface area contributed by atoms with Crippen molar-refractivity contribution in [3.8, 4) is 0 Å². The molecule has 0 radical (unpaired) electrons. The smallest absolute Gasteiger partial charge is 0.0572 e. The predicted molar refractivity (Wildman–Crippen MR) is 99.4 cm³/mol. The highest BCUT2D eigenvalue weighted by Gasteiger charge is 2.29. The van der Waals surface area contributed by atoms with Crippen LogP contribution >= 0.6 is 11.3 Å². The molecule has 2 atom stereocenters. The van der Waals surface area contributed by atoms with Crippen LogP contribution in [0.25, 0.3) is 0 Å². The van der Waals surface area contributed by atoms with E-state index in [1.165, 1.54) is 51.4 Å². The number of thiophene rings is 1. The van der Waals surface area contributed by atoms with Crippen molar-refractivity contribution in [2.45, 2.75) is 32.9 Å². The highest BCUT2D eigenvalue weighted by atomic mass is 32.1. The van der Waals surface area contributed by atoms with Gasteiger partial charge in [-0.25, -0.2) is 0 Å². The van der Waals surface area contributed by atoms with Crippen LogP contribution in [0.1, 0.15) is 30.3 Å². The van der Waals surface area contributed by atoms with Gasteiger partial charge in [0.2, 0.25) is 0 Å². The maximum Gasteiger partial charge on any atom is 0.0572 e. The minimum atomic E-state index is 0.563. The molecule has 5 heteroatoms. The quantitative estimate of drug-likeness (QED) is 0.888. The van der Waals surface area contributed by atoms with Gasteiger partial charge in [-0.15, -0.1) is 11.3 Å². The van der Waals surface area contributed by atoms with E-state index in [1.54, 1.807) is 4.88 Å². The first-order valence-electron chi connectivity index (χ1n) is 9.13. The van der Waals surface area contributed by atoms with Gasteiger partial charge in [0.05, 0.1) is 6.04 Å². The summed E-state index contributed by atoms with van der Waals surface area (Å²) in [6.07, 6.45) is 0. The van der Waals surface area contributed by atoms with E-state index in [0.717, 1.165) is 13.1 Å². The monoisotopic (exact) mass is 336 g/mol. The van der Waals surface area contributed by atoms with Gasteiger partial charge >= 0.3 is 0 Å². The Morgan fingerprint density at radius 1 is 1.22 bits per heavy atom. The van der Waals surface area contributed by atoms with Crippen molar-refractivity contribution in [2.24, 2.45) is 0 Å². The van der Waals surface area contributed by atoms with E-state index >= 15 is 0 Å². The fourth-order valence-electron chi connectivity index (χ4n) is 3.87. The van der Waals surface area contributed by atoms with Crippen molar-refractivity contribution >= 4 is 11.3 Å². The summed E-state index contributed by atoms with van der Waals surface area (Å²) in [5.41, 5.74) is 1.47. The molecule has 1 aromatic rings. The number of rotatable bonds is 5. The Hall–Kier alpha value is -0.460. The first kappa shape index (κ1) is 17.4. The van der Waals surface area contributed by atoms with E-state index in [2.05, 4.69) is 52.2 Å². The van der Waals surface area contributed by atoms with Crippen molar-refractivity contribution in [1.82, 2.24) is 20.0 Å². The Kier molecular flexibility index (Phi) is 6.10. The van der Waals surface area contributed by atoms with Gasteiger partial charge < -0.3 is 10.2 Å². The van der Waals surface area contributed by atoms with E-state index in [4.69, 9.17) is 0 Å². The lowest BCUT2D eigenvalue weighted by atomic mass is 10.1. The number of hydrogen-bond donors (Lipinski definition) is 1. The molecule has 3 rings (SSSR count).